The number of pyridine rings is 1. The Hall–Kier alpha value is -3.02. The second-order valence-electron chi connectivity index (χ2n) is 9.15. The minimum absolute atomic E-state index is 0.0792. The normalized spacial score (nSPS) is 30.6. The van der Waals surface area contributed by atoms with Crippen molar-refractivity contribution in [2.24, 2.45) is 5.92 Å². The minimum Gasteiger partial charge on any atom is -0.457 e. The molecule has 3 aromatic rings. The fourth-order valence-corrected chi connectivity index (χ4v) is 6.27. The number of carbonyl (C=O) groups excluding carboxylic acids is 1. The van der Waals surface area contributed by atoms with Gasteiger partial charge in [0.1, 0.15) is 17.0 Å². The molecule has 7 rings (SSSR count). The van der Waals surface area contributed by atoms with Gasteiger partial charge in [-0.1, -0.05) is 36.4 Å². The molecule has 162 valence electrons. The van der Waals surface area contributed by atoms with Crippen LogP contribution in [0.2, 0.25) is 0 Å². The first-order chi connectivity index (χ1) is 15.8. The summed E-state index contributed by atoms with van der Waals surface area (Å²) in [5, 5.41) is 3.76. The van der Waals surface area contributed by atoms with E-state index in [4.69, 9.17) is 4.74 Å². The second-order valence-corrected chi connectivity index (χ2v) is 9.15. The topological polar surface area (TPSA) is 54.5 Å². The average molecular weight is 426 g/mol. The van der Waals surface area contributed by atoms with Gasteiger partial charge in [-0.3, -0.25) is 14.7 Å². The van der Waals surface area contributed by atoms with E-state index in [-0.39, 0.29) is 17.7 Å². The van der Waals surface area contributed by atoms with Crippen molar-refractivity contribution in [2.45, 2.75) is 30.3 Å². The molecule has 4 aliphatic heterocycles. The van der Waals surface area contributed by atoms with Crippen LogP contribution in [0.25, 0.3) is 0 Å². The molecule has 5 heteroatoms. The summed E-state index contributed by atoms with van der Waals surface area (Å²) in [5.74, 6) is 2.27. The molecule has 1 aromatic heterocycles. The molecule has 4 aliphatic rings. The maximum atomic E-state index is 14.4. The maximum absolute atomic E-state index is 14.4. The summed E-state index contributed by atoms with van der Waals surface area (Å²) in [5.41, 5.74) is 1.28. The SMILES string of the molecule is O=C(c1cccc(Oc2ccccc2)c1)C12C(c3cccnc3)CNC1C1CCN2CC1. The number of hydrogen-bond donors (Lipinski definition) is 1. The van der Waals surface area contributed by atoms with Crippen molar-refractivity contribution >= 4 is 5.78 Å². The zero-order valence-corrected chi connectivity index (χ0v) is 18.0. The van der Waals surface area contributed by atoms with Crippen LogP contribution in [0.3, 0.4) is 0 Å². The summed E-state index contributed by atoms with van der Waals surface area (Å²) in [6, 6.07) is 21.7. The highest BCUT2D eigenvalue weighted by atomic mass is 16.5. The predicted molar refractivity (Wildman–Crippen MR) is 123 cm³/mol. The van der Waals surface area contributed by atoms with E-state index in [9.17, 15) is 4.79 Å². The van der Waals surface area contributed by atoms with Crippen LogP contribution in [-0.4, -0.2) is 46.9 Å². The van der Waals surface area contributed by atoms with Crippen LogP contribution in [0, 0.1) is 5.92 Å². The van der Waals surface area contributed by atoms with Gasteiger partial charge in [-0.2, -0.15) is 0 Å². The molecule has 5 heterocycles. The fraction of sp³-hybridized carbons (Fsp3) is 0.333. The largest absolute Gasteiger partial charge is 0.457 e. The zero-order valence-electron chi connectivity index (χ0n) is 18.0. The van der Waals surface area contributed by atoms with Crippen LogP contribution in [-0.2, 0) is 0 Å². The Morgan fingerprint density at radius 3 is 2.59 bits per heavy atom. The third-order valence-electron chi connectivity index (χ3n) is 7.61. The standard InChI is InChI=1S/C27H27N3O2/c31-26(20-6-4-10-23(16-20)32-22-8-2-1-3-9-22)27-24(21-7-5-13-28-17-21)18-29-25(27)19-11-14-30(27)15-12-19/h1-10,13,16-17,19,24-25,29H,11-12,14-15,18H2. The van der Waals surface area contributed by atoms with Gasteiger partial charge in [0.2, 0.25) is 0 Å². The molecular weight excluding hydrogens is 398 g/mol. The summed E-state index contributed by atoms with van der Waals surface area (Å²) >= 11 is 0. The van der Waals surface area contributed by atoms with Crippen LogP contribution < -0.4 is 10.1 Å². The van der Waals surface area contributed by atoms with E-state index < -0.39 is 5.54 Å². The van der Waals surface area contributed by atoms with Crippen molar-refractivity contribution < 1.29 is 9.53 Å². The Labute approximate surface area is 188 Å². The first kappa shape index (κ1) is 19.6. The van der Waals surface area contributed by atoms with Gasteiger partial charge in [0.05, 0.1) is 0 Å². The first-order valence-electron chi connectivity index (χ1n) is 11.5. The highest BCUT2D eigenvalue weighted by molar-refractivity contribution is 6.05. The molecule has 4 saturated heterocycles. The van der Waals surface area contributed by atoms with Gasteiger partial charge in [-0.25, -0.2) is 0 Å². The number of hydrogen-bond acceptors (Lipinski definition) is 5. The lowest BCUT2D eigenvalue weighted by molar-refractivity contribution is -0.0313. The quantitative estimate of drug-likeness (QED) is 0.619. The van der Waals surface area contributed by atoms with Crippen molar-refractivity contribution in [2.75, 3.05) is 19.6 Å². The van der Waals surface area contributed by atoms with Crippen LogP contribution >= 0.6 is 0 Å². The molecule has 4 fully saturated rings. The van der Waals surface area contributed by atoms with Gasteiger partial charge in [0.25, 0.3) is 0 Å². The number of para-hydroxylation sites is 1. The fourth-order valence-electron chi connectivity index (χ4n) is 6.27. The molecule has 0 saturated carbocycles. The average Bonchev–Trinajstić information content (AvgIpc) is 3.29. The number of aromatic nitrogens is 1. The van der Waals surface area contributed by atoms with Gasteiger partial charge in [-0.05, 0) is 67.7 Å². The Bertz CT molecular complexity index is 1110. The zero-order chi connectivity index (χ0) is 21.5. The summed E-state index contributed by atoms with van der Waals surface area (Å²) in [6.45, 7) is 2.76. The first-order valence-corrected chi connectivity index (χ1v) is 11.5. The summed E-state index contributed by atoms with van der Waals surface area (Å²) in [4.78, 5) is 21.3. The van der Waals surface area contributed by atoms with Gasteiger partial charge in [0.15, 0.2) is 5.78 Å². The molecule has 2 bridgehead atoms. The number of benzene rings is 2. The number of nitrogens with zero attached hydrogens (tertiary/aromatic N) is 2. The summed E-state index contributed by atoms with van der Waals surface area (Å²) < 4.78 is 6.05. The maximum Gasteiger partial charge on any atom is 0.185 e. The number of rotatable bonds is 5. The monoisotopic (exact) mass is 425 g/mol. The van der Waals surface area contributed by atoms with Crippen molar-refractivity contribution in [3.8, 4) is 11.5 Å². The number of nitrogens with one attached hydrogen (secondary N) is 1. The number of fused-ring (bicyclic) bond motifs is 2. The van der Waals surface area contributed by atoms with E-state index in [1.54, 1.807) is 6.20 Å². The predicted octanol–water partition coefficient (Wildman–Crippen LogP) is 4.28. The van der Waals surface area contributed by atoms with Gasteiger partial charge < -0.3 is 10.1 Å². The smallest absolute Gasteiger partial charge is 0.185 e. The van der Waals surface area contributed by atoms with E-state index in [1.807, 2.05) is 66.9 Å². The van der Waals surface area contributed by atoms with Gasteiger partial charge in [0, 0.05) is 36.5 Å². The Balaban J connectivity index is 1.41. The second kappa shape index (κ2) is 7.84. The molecular formula is C27H27N3O2. The van der Waals surface area contributed by atoms with Crippen molar-refractivity contribution in [3.05, 3.63) is 90.3 Å². The Morgan fingerprint density at radius 1 is 1.00 bits per heavy atom. The van der Waals surface area contributed by atoms with Crippen molar-refractivity contribution in [1.82, 2.24) is 15.2 Å². The third kappa shape index (κ3) is 2.99. The number of Topliss-reactive ketones (excluding diaryl/α,β-unsaturated/α-hetero) is 1. The molecule has 2 aromatic carbocycles. The number of ketones is 1. The Morgan fingerprint density at radius 2 is 1.81 bits per heavy atom. The number of carbonyl (C=O) groups is 1. The lowest BCUT2D eigenvalue weighted by Gasteiger charge is -2.57. The highest BCUT2D eigenvalue weighted by Gasteiger charge is 2.64. The highest BCUT2D eigenvalue weighted by Crippen LogP contribution is 2.51. The van der Waals surface area contributed by atoms with Crippen molar-refractivity contribution in [1.29, 1.82) is 0 Å². The van der Waals surface area contributed by atoms with E-state index in [0.717, 1.165) is 43.8 Å². The van der Waals surface area contributed by atoms with E-state index in [0.29, 0.717) is 17.2 Å². The van der Waals surface area contributed by atoms with Gasteiger partial charge >= 0.3 is 0 Å². The molecule has 32 heavy (non-hydrogen) atoms. The molecule has 3 atom stereocenters. The number of piperidine rings is 3. The van der Waals surface area contributed by atoms with E-state index in [2.05, 4.69) is 21.3 Å². The molecule has 5 nitrogen and oxygen atoms in total. The molecule has 0 aliphatic carbocycles. The van der Waals surface area contributed by atoms with Crippen LogP contribution in [0.5, 0.6) is 11.5 Å². The molecule has 0 amide bonds. The van der Waals surface area contributed by atoms with Crippen LogP contribution in [0.15, 0.2) is 79.1 Å². The number of ether oxygens (including phenoxy) is 1. The minimum atomic E-state index is -0.574. The van der Waals surface area contributed by atoms with E-state index in [1.165, 1.54) is 0 Å². The molecule has 0 spiro atoms. The van der Waals surface area contributed by atoms with Gasteiger partial charge in [-0.15, -0.1) is 0 Å². The molecule has 0 radical (unpaired) electrons. The van der Waals surface area contributed by atoms with Crippen LogP contribution in [0.1, 0.15) is 34.7 Å². The summed E-state index contributed by atoms with van der Waals surface area (Å²) in [6.07, 6.45) is 6.05. The van der Waals surface area contributed by atoms with E-state index >= 15 is 0 Å². The van der Waals surface area contributed by atoms with Crippen molar-refractivity contribution in [3.63, 3.8) is 0 Å². The Kier molecular flexibility index (Phi) is 4.81. The lowest BCUT2D eigenvalue weighted by atomic mass is 9.63. The third-order valence-corrected chi connectivity index (χ3v) is 7.61. The van der Waals surface area contributed by atoms with Crippen LogP contribution in [0.4, 0.5) is 0 Å². The molecule has 3 unspecified atom stereocenters. The molecule has 1 N–H and O–H groups in total. The summed E-state index contributed by atoms with van der Waals surface area (Å²) in [7, 11) is 0. The lowest BCUT2D eigenvalue weighted by Crippen LogP contribution is -2.72.